The Balaban J connectivity index is 2.44. The van der Waals surface area contributed by atoms with Crippen LogP contribution in [0.1, 0.15) is 5.56 Å². The third kappa shape index (κ3) is 1.61. The van der Waals surface area contributed by atoms with Crippen LogP contribution in [0.2, 0.25) is 0 Å². The number of anilines is 2. The van der Waals surface area contributed by atoms with Gasteiger partial charge in [-0.3, -0.25) is 10.4 Å². The smallest absolute Gasteiger partial charge is 0.299 e. The lowest BCUT2D eigenvalue weighted by Crippen LogP contribution is -2.34. The summed E-state index contributed by atoms with van der Waals surface area (Å²) >= 11 is 0. The lowest BCUT2D eigenvalue weighted by atomic mass is 10.1. The molecule has 1 N–H and O–H groups in total. The summed E-state index contributed by atoms with van der Waals surface area (Å²) in [6.07, 6.45) is -4.29. The Kier molecular flexibility index (Phi) is 2.04. The number of rotatable bonds is 0. The fourth-order valence-electron chi connectivity index (χ4n) is 1.48. The molecule has 1 heterocycles. The highest BCUT2D eigenvalue weighted by atomic mass is 19.4. The molecule has 0 radical (unpaired) electrons. The minimum Gasteiger partial charge on any atom is -0.299 e. The molecule has 0 unspecified atom stereocenters. The van der Waals surface area contributed by atoms with Gasteiger partial charge in [-0.1, -0.05) is 0 Å². The van der Waals surface area contributed by atoms with Crippen LogP contribution in [0.25, 0.3) is 0 Å². The average molecular weight is 217 g/mol. The fourth-order valence-corrected chi connectivity index (χ4v) is 1.48. The number of fused-ring (bicyclic) bond motifs is 1. The van der Waals surface area contributed by atoms with E-state index in [1.165, 1.54) is 6.07 Å². The van der Waals surface area contributed by atoms with Gasteiger partial charge in [-0.2, -0.15) is 13.2 Å². The Morgan fingerprint density at radius 1 is 1.20 bits per heavy atom. The number of nitrogens with one attached hydrogen (secondary N) is 1. The van der Waals surface area contributed by atoms with E-state index in [1.807, 2.05) is 0 Å². The molecule has 1 aliphatic heterocycles. The van der Waals surface area contributed by atoms with Crippen molar-refractivity contribution < 1.29 is 13.2 Å². The largest absolute Gasteiger partial charge is 0.416 e. The van der Waals surface area contributed by atoms with Gasteiger partial charge >= 0.3 is 6.18 Å². The van der Waals surface area contributed by atoms with Gasteiger partial charge in [-0.25, -0.2) is 0 Å². The van der Waals surface area contributed by atoms with E-state index in [-0.39, 0.29) is 0 Å². The maximum absolute atomic E-state index is 12.4. The third-order valence-corrected chi connectivity index (χ3v) is 2.41. The molecule has 0 saturated carbocycles. The summed E-state index contributed by atoms with van der Waals surface area (Å²) in [4.78, 5) is 0. The highest BCUT2D eigenvalue weighted by molar-refractivity contribution is 5.73. The van der Waals surface area contributed by atoms with Crippen LogP contribution < -0.4 is 10.4 Å². The maximum atomic E-state index is 12.4. The van der Waals surface area contributed by atoms with E-state index >= 15 is 0 Å². The van der Waals surface area contributed by atoms with Crippen molar-refractivity contribution in [2.45, 2.75) is 6.18 Å². The summed E-state index contributed by atoms with van der Waals surface area (Å²) in [7, 11) is 3.42. The number of hydrogen-bond donors (Lipinski definition) is 1. The van der Waals surface area contributed by atoms with Crippen molar-refractivity contribution in [1.82, 2.24) is 5.12 Å². The van der Waals surface area contributed by atoms with Crippen molar-refractivity contribution in [1.29, 1.82) is 0 Å². The van der Waals surface area contributed by atoms with Gasteiger partial charge in [0.15, 0.2) is 0 Å². The predicted molar refractivity (Wildman–Crippen MR) is 51.2 cm³/mol. The molecule has 6 heteroatoms. The van der Waals surface area contributed by atoms with E-state index in [4.69, 9.17) is 0 Å². The van der Waals surface area contributed by atoms with E-state index in [1.54, 1.807) is 24.2 Å². The SMILES string of the molecule is CN1Nc2ccc(C(F)(F)F)cc2N1C. The van der Waals surface area contributed by atoms with Crippen molar-refractivity contribution in [3.63, 3.8) is 0 Å². The normalized spacial score (nSPS) is 16.5. The first-order valence-corrected chi connectivity index (χ1v) is 4.35. The number of benzene rings is 1. The van der Waals surface area contributed by atoms with Crippen LogP contribution in [0.5, 0.6) is 0 Å². The summed E-state index contributed by atoms with van der Waals surface area (Å²) in [5.74, 6) is 0. The molecule has 1 aliphatic rings. The molecule has 0 spiro atoms. The van der Waals surface area contributed by atoms with Crippen LogP contribution in [0, 0.1) is 0 Å². The van der Waals surface area contributed by atoms with Crippen molar-refractivity contribution in [2.75, 3.05) is 24.5 Å². The zero-order valence-electron chi connectivity index (χ0n) is 8.26. The summed E-state index contributed by atoms with van der Waals surface area (Å²) in [5.41, 5.74) is 3.48. The van der Waals surface area contributed by atoms with Gasteiger partial charge in [0.1, 0.15) is 0 Å². The zero-order valence-corrected chi connectivity index (χ0v) is 8.26. The summed E-state index contributed by atoms with van der Waals surface area (Å²) in [6, 6.07) is 3.63. The summed E-state index contributed by atoms with van der Waals surface area (Å²) in [6.45, 7) is 0. The van der Waals surface area contributed by atoms with Gasteiger partial charge in [-0.15, -0.1) is 5.12 Å². The summed E-state index contributed by atoms with van der Waals surface area (Å²) in [5, 5.41) is 3.23. The molecule has 1 aromatic carbocycles. The molecule has 2 rings (SSSR count). The quantitative estimate of drug-likeness (QED) is 0.719. The zero-order chi connectivity index (χ0) is 11.2. The van der Waals surface area contributed by atoms with Crippen LogP contribution in [-0.2, 0) is 6.18 Å². The molecule has 0 fully saturated rings. The van der Waals surface area contributed by atoms with Crippen LogP contribution >= 0.6 is 0 Å². The average Bonchev–Trinajstić information content (AvgIpc) is 2.41. The molecule has 15 heavy (non-hydrogen) atoms. The first kappa shape index (κ1) is 10.1. The first-order chi connectivity index (χ1) is 6.89. The lowest BCUT2D eigenvalue weighted by Gasteiger charge is -2.20. The van der Waals surface area contributed by atoms with Crippen LogP contribution in [0.15, 0.2) is 18.2 Å². The van der Waals surface area contributed by atoms with E-state index in [9.17, 15) is 13.2 Å². The number of nitrogens with zero attached hydrogens (tertiary/aromatic N) is 2. The first-order valence-electron chi connectivity index (χ1n) is 4.35. The minimum absolute atomic E-state index is 0.521. The Hall–Kier alpha value is -1.43. The molecule has 82 valence electrons. The lowest BCUT2D eigenvalue weighted by molar-refractivity contribution is -0.137. The van der Waals surface area contributed by atoms with Gasteiger partial charge in [0, 0.05) is 14.1 Å². The minimum atomic E-state index is -4.29. The van der Waals surface area contributed by atoms with E-state index < -0.39 is 11.7 Å². The second kappa shape index (κ2) is 3.03. The summed E-state index contributed by atoms with van der Waals surface area (Å²) < 4.78 is 37.3. The molecule has 0 aromatic heterocycles. The van der Waals surface area contributed by atoms with Crippen molar-refractivity contribution in [3.05, 3.63) is 23.8 Å². The monoisotopic (exact) mass is 217 g/mol. The predicted octanol–water partition coefficient (Wildman–Crippen LogP) is 2.33. The molecule has 3 nitrogen and oxygen atoms in total. The molecule has 0 amide bonds. The number of halogens is 3. The van der Waals surface area contributed by atoms with Gasteiger partial charge in [0.25, 0.3) is 0 Å². The maximum Gasteiger partial charge on any atom is 0.416 e. The molecular weight excluding hydrogens is 207 g/mol. The van der Waals surface area contributed by atoms with E-state index in [2.05, 4.69) is 5.43 Å². The Bertz CT molecular complexity index is 389. The van der Waals surface area contributed by atoms with Gasteiger partial charge in [0.05, 0.1) is 16.9 Å². The van der Waals surface area contributed by atoms with Gasteiger partial charge < -0.3 is 0 Å². The molecule has 0 aliphatic carbocycles. The van der Waals surface area contributed by atoms with Crippen LogP contribution in [0.4, 0.5) is 24.5 Å². The molecule has 0 bridgehead atoms. The topological polar surface area (TPSA) is 18.5 Å². The molecule has 1 aromatic rings. The Morgan fingerprint density at radius 3 is 2.47 bits per heavy atom. The molecule has 0 atom stereocenters. The van der Waals surface area contributed by atoms with E-state index in [0.717, 1.165) is 12.1 Å². The van der Waals surface area contributed by atoms with Crippen molar-refractivity contribution in [2.24, 2.45) is 0 Å². The fraction of sp³-hybridized carbons (Fsp3) is 0.333. The standard InChI is InChI=1S/C9H10F3N3/c1-14-8-5-6(9(10,11)12)3-4-7(8)13-15(14)2/h3-5,13H,1-2H3. The van der Waals surface area contributed by atoms with E-state index in [0.29, 0.717) is 11.4 Å². The molecular formula is C9H10F3N3. The second-order valence-corrected chi connectivity index (χ2v) is 3.39. The highest BCUT2D eigenvalue weighted by Gasteiger charge is 2.32. The Morgan fingerprint density at radius 2 is 1.87 bits per heavy atom. The van der Waals surface area contributed by atoms with Gasteiger partial charge in [-0.05, 0) is 18.2 Å². The Labute approximate surface area is 85.0 Å². The van der Waals surface area contributed by atoms with Gasteiger partial charge in [0.2, 0.25) is 0 Å². The highest BCUT2D eigenvalue weighted by Crippen LogP contribution is 2.38. The second-order valence-electron chi connectivity index (χ2n) is 3.39. The van der Waals surface area contributed by atoms with Crippen molar-refractivity contribution in [3.8, 4) is 0 Å². The number of alkyl halides is 3. The molecule has 0 saturated heterocycles. The third-order valence-electron chi connectivity index (χ3n) is 2.41. The number of hydrazine groups is 2. The van der Waals surface area contributed by atoms with Crippen LogP contribution in [-0.4, -0.2) is 19.2 Å². The van der Waals surface area contributed by atoms with Crippen LogP contribution in [0.3, 0.4) is 0 Å². The number of hydrogen-bond acceptors (Lipinski definition) is 3. The van der Waals surface area contributed by atoms with Crippen molar-refractivity contribution >= 4 is 11.4 Å².